The summed E-state index contributed by atoms with van der Waals surface area (Å²) >= 11 is 0. The van der Waals surface area contributed by atoms with Gasteiger partial charge in [0.25, 0.3) is 0 Å². The Morgan fingerprint density at radius 2 is 1.74 bits per heavy atom. The molecule has 0 bridgehead atoms. The minimum absolute atomic E-state index is 0.444. The molecular weight excluding hydrogens is 234 g/mol. The van der Waals surface area contributed by atoms with Gasteiger partial charge in [-0.05, 0) is 31.7 Å². The molecule has 0 aromatic carbocycles. The van der Waals surface area contributed by atoms with Gasteiger partial charge in [-0.2, -0.15) is 0 Å². The maximum Gasteiger partial charge on any atom is 0.115 e. The van der Waals surface area contributed by atoms with Crippen molar-refractivity contribution in [1.82, 2.24) is 15.3 Å². The second-order valence-electron chi connectivity index (χ2n) is 5.71. The zero-order chi connectivity index (χ0) is 13.3. The molecule has 0 radical (unpaired) electrons. The molecule has 106 valence electrons. The fourth-order valence-corrected chi connectivity index (χ4v) is 3.15. The maximum atomic E-state index is 4.20. The molecule has 19 heavy (non-hydrogen) atoms. The van der Waals surface area contributed by atoms with Crippen LogP contribution in [0.2, 0.25) is 0 Å². The molecule has 1 saturated carbocycles. The predicted octanol–water partition coefficient (Wildman–Crippen LogP) is 3.88. The molecule has 3 nitrogen and oxygen atoms in total. The van der Waals surface area contributed by atoms with Gasteiger partial charge >= 0.3 is 0 Å². The summed E-state index contributed by atoms with van der Waals surface area (Å²) in [5, 5.41) is 3.72. The highest BCUT2D eigenvalue weighted by Gasteiger charge is 2.23. The summed E-state index contributed by atoms with van der Waals surface area (Å²) in [5.41, 5.74) is 1.27. The number of hydrogen-bond acceptors (Lipinski definition) is 3. The molecule has 0 spiro atoms. The zero-order valence-corrected chi connectivity index (χ0v) is 12.1. The number of aromatic nitrogens is 2. The van der Waals surface area contributed by atoms with Crippen molar-refractivity contribution in [3.63, 3.8) is 0 Å². The van der Waals surface area contributed by atoms with Crippen molar-refractivity contribution in [2.75, 3.05) is 6.54 Å². The van der Waals surface area contributed by atoms with E-state index in [0.717, 1.165) is 12.5 Å². The van der Waals surface area contributed by atoms with Crippen LogP contribution < -0.4 is 5.32 Å². The van der Waals surface area contributed by atoms with E-state index >= 15 is 0 Å². The number of nitrogens with zero attached hydrogens (tertiary/aromatic N) is 2. The van der Waals surface area contributed by atoms with Gasteiger partial charge in [0.15, 0.2) is 0 Å². The van der Waals surface area contributed by atoms with Crippen molar-refractivity contribution in [1.29, 1.82) is 0 Å². The Morgan fingerprint density at radius 3 is 2.37 bits per heavy atom. The first-order valence-corrected chi connectivity index (χ1v) is 7.90. The first-order chi connectivity index (χ1) is 9.42. The van der Waals surface area contributed by atoms with Gasteiger partial charge in [0.2, 0.25) is 0 Å². The van der Waals surface area contributed by atoms with E-state index in [1.165, 1.54) is 56.9 Å². The average Bonchev–Trinajstić information content (AvgIpc) is 2.42. The number of rotatable bonds is 5. The third kappa shape index (κ3) is 4.57. The third-order valence-electron chi connectivity index (χ3n) is 4.18. The van der Waals surface area contributed by atoms with Crippen molar-refractivity contribution >= 4 is 0 Å². The van der Waals surface area contributed by atoms with Crippen molar-refractivity contribution in [3.8, 4) is 0 Å². The molecule has 1 aromatic rings. The van der Waals surface area contributed by atoms with Crippen LogP contribution in [0, 0.1) is 5.92 Å². The van der Waals surface area contributed by atoms with Gasteiger partial charge in [0.1, 0.15) is 6.33 Å². The molecule has 1 fully saturated rings. The summed E-state index contributed by atoms with van der Waals surface area (Å²) in [6.45, 7) is 3.31. The largest absolute Gasteiger partial charge is 0.310 e. The smallest absolute Gasteiger partial charge is 0.115 e. The average molecular weight is 261 g/mol. The molecule has 2 rings (SSSR count). The zero-order valence-electron chi connectivity index (χ0n) is 12.1. The van der Waals surface area contributed by atoms with Gasteiger partial charge in [-0.1, -0.05) is 39.0 Å². The monoisotopic (exact) mass is 261 g/mol. The number of hydrogen-bond donors (Lipinski definition) is 1. The lowest BCUT2D eigenvalue weighted by Gasteiger charge is -2.29. The highest BCUT2D eigenvalue weighted by molar-refractivity contribution is 5.10. The SMILES string of the molecule is CCCNC(c1cncnc1)C1CCCCCCC1. The second kappa shape index (κ2) is 8.26. The lowest BCUT2D eigenvalue weighted by molar-refractivity contribution is 0.288. The van der Waals surface area contributed by atoms with Crippen LogP contribution >= 0.6 is 0 Å². The number of nitrogens with one attached hydrogen (secondary N) is 1. The maximum absolute atomic E-state index is 4.20. The first kappa shape index (κ1) is 14.4. The normalized spacial score (nSPS) is 19.6. The molecule has 0 amide bonds. The Labute approximate surface area is 117 Å². The van der Waals surface area contributed by atoms with E-state index in [1.54, 1.807) is 6.33 Å². The van der Waals surface area contributed by atoms with Crippen LogP contribution in [-0.4, -0.2) is 16.5 Å². The van der Waals surface area contributed by atoms with E-state index < -0.39 is 0 Å². The Balaban J connectivity index is 2.06. The molecule has 1 N–H and O–H groups in total. The van der Waals surface area contributed by atoms with Crippen LogP contribution in [0.1, 0.15) is 69.9 Å². The predicted molar refractivity (Wildman–Crippen MR) is 78.9 cm³/mol. The molecule has 1 unspecified atom stereocenters. The fourth-order valence-electron chi connectivity index (χ4n) is 3.15. The van der Waals surface area contributed by atoms with Gasteiger partial charge in [0, 0.05) is 24.0 Å². The minimum Gasteiger partial charge on any atom is -0.310 e. The van der Waals surface area contributed by atoms with E-state index in [9.17, 15) is 0 Å². The van der Waals surface area contributed by atoms with E-state index in [-0.39, 0.29) is 0 Å². The molecule has 1 atom stereocenters. The molecule has 1 aliphatic rings. The molecular formula is C16H27N3. The first-order valence-electron chi connectivity index (χ1n) is 7.90. The molecule has 3 heteroatoms. The van der Waals surface area contributed by atoms with Crippen molar-refractivity contribution in [3.05, 3.63) is 24.3 Å². The van der Waals surface area contributed by atoms with Gasteiger partial charge in [-0.15, -0.1) is 0 Å². The standard InChI is InChI=1S/C16H27N3/c1-2-10-19-16(15-11-17-13-18-12-15)14-8-6-4-3-5-7-9-14/h11-14,16,19H,2-10H2,1H3. The summed E-state index contributed by atoms with van der Waals surface area (Å²) in [7, 11) is 0. The highest BCUT2D eigenvalue weighted by Crippen LogP contribution is 2.32. The molecule has 1 aliphatic carbocycles. The Bertz CT molecular complexity index is 331. The second-order valence-corrected chi connectivity index (χ2v) is 5.71. The van der Waals surface area contributed by atoms with E-state index in [0.29, 0.717) is 6.04 Å². The summed E-state index contributed by atoms with van der Waals surface area (Å²) in [6.07, 6.45) is 16.4. The Hall–Kier alpha value is -0.960. The summed E-state index contributed by atoms with van der Waals surface area (Å²) in [5.74, 6) is 0.748. The van der Waals surface area contributed by atoms with Crippen molar-refractivity contribution < 1.29 is 0 Å². The van der Waals surface area contributed by atoms with E-state index in [4.69, 9.17) is 0 Å². The van der Waals surface area contributed by atoms with Crippen LogP contribution in [0.15, 0.2) is 18.7 Å². The van der Waals surface area contributed by atoms with Crippen molar-refractivity contribution in [2.45, 2.75) is 64.3 Å². The summed E-state index contributed by atoms with van der Waals surface area (Å²) in [4.78, 5) is 8.40. The van der Waals surface area contributed by atoms with E-state index in [1.807, 2.05) is 12.4 Å². The Morgan fingerprint density at radius 1 is 1.11 bits per heavy atom. The molecule has 1 heterocycles. The topological polar surface area (TPSA) is 37.8 Å². The van der Waals surface area contributed by atoms with Crippen LogP contribution in [0.4, 0.5) is 0 Å². The Kier molecular flexibility index (Phi) is 6.28. The van der Waals surface area contributed by atoms with Gasteiger partial charge in [-0.25, -0.2) is 9.97 Å². The van der Waals surface area contributed by atoms with E-state index in [2.05, 4.69) is 22.2 Å². The minimum atomic E-state index is 0.444. The van der Waals surface area contributed by atoms with Crippen molar-refractivity contribution in [2.24, 2.45) is 5.92 Å². The fraction of sp³-hybridized carbons (Fsp3) is 0.750. The third-order valence-corrected chi connectivity index (χ3v) is 4.18. The van der Waals surface area contributed by atoms with Gasteiger partial charge in [-0.3, -0.25) is 0 Å². The quantitative estimate of drug-likeness (QED) is 0.874. The molecule has 1 aromatic heterocycles. The van der Waals surface area contributed by atoms with Crippen LogP contribution in [-0.2, 0) is 0 Å². The molecule has 0 aliphatic heterocycles. The van der Waals surface area contributed by atoms with Crippen LogP contribution in [0.3, 0.4) is 0 Å². The lowest BCUT2D eigenvalue weighted by atomic mass is 9.83. The highest BCUT2D eigenvalue weighted by atomic mass is 14.9. The van der Waals surface area contributed by atoms with Crippen LogP contribution in [0.5, 0.6) is 0 Å². The van der Waals surface area contributed by atoms with Gasteiger partial charge < -0.3 is 5.32 Å². The summed E-state index contributed by atoms with van der Waals surface area (Å²) in [6, 6.07) is 0.444. The van der Waals surface area contributed by atoms with Gasteiger partial charge in [0.05, 0.1) is 0 Å². The van der Waals surface area contributed by atoms with Crippen LogP contribution in [0.25, 0.3) is 0 Å². The molecule has 0 saturated heterocycles. The summed E-state index contributed by atoms with van der Waals surface area (Å²) < 4.78 is 0. The lowest BCUT2D eigenvalue weighted by Crippen LogP contribution is -2.29.